The second-order valence-corrected chi connectivity index (χ2v) is 7.85. The first kappa shape index (κ1) is 18.1. The second-order valence-electron chi connectivity index (χ2n) is 6.00. The number of piperazine rings is 1. The first-order chi connectivity index (χ1) is 12.0. The first-order valence-electron chi connectivity index (χ1n) is 8.24. The van der Waals surface area contributed by atoms with Crippen LogP contribution in [0.2, 0.25) is 5.02 Å². The Labute approximate surface area is 156 Å². The number of thioether (sulfide) groups is 1. The summed E-state index contributed by atoms with van der Waals surface area (Å²) in [5.74, 6) is -0.0793. The van der Waals surface area contributed by atoms with Crippen molar-refractivity contribution in [3.63, 3.8) is 0 Å². The summed E-state index contributed by atoms with van der Waals surface area (Å²) in [4.78, 5) is 17.8. The van der Waals surface area contributed by atoms with Gasteiger partial charge in [-0.3, -0.25) is 4.79 Å². The molecule has 1 fully saturated rings. The number of carbonyl (C=O) groups is 1. The zero-order chi connectivity index (χ0) is 17.8. The molecule has 1 heterocycles. The average molecular weight is 379 g/mol. The lowest BCUT2D eigenvalue weighted by Gasteiger charge is -2.37. The van der Waals surface area contributed by atoms with E-state index in [0.717, 1.165) is 23.7 Å². The Balaban J connectivity index is 1.53. The molecule has 3 nitrogen and oxygen atoms in total. The number of amides is 1. The molecule has 6 heteroatoms. The largest absolute Gasteiger partial charge is 0.368 e. The van der Waals surface area contributed by atoms with Crippen molar-refractivity contribution >= 4 is 35.0 Å². The van der Waals surface area contributed by atoms with Crippen LogP contribution in [0.15, 0.2) is 53.4 Å². The molecule has 0 spiro atoms. The quantitative estimate of drug-likeness (QED) is 0.741. The van der Waals surface area contributed by atoms with Crippen molar-refractivity contribution < 1.29 is 9.18 Å². The molecular formula is C19H20ClFN2OS. The van der Waals surface area contributed by atoms with E-state index in [1.807, 2.05) is 36.1 Å². The van der Waals surface area contributed by atoms with Gasteiger partial charge in [0.05, 0.1) is 5.25 Å². The Bertz CT molecular complexity index is 715. The van der Waals surface area contributed by atoms with Crippen molar-refractivity contribution in [3.8, 4) is 0 Å². The number of benzene rings is 2. The van der Waals surface area contributed by atoms with Gasteiger partial charge >= 0.3 is 0 Å². The van der Waals surface area contributed by atoms with E-state index >= 15 is 0 Å². The van der Waals surface area contributed by atoms with E-state index in [2.05, 4.69) is 4.90 Å². The van der Waals surface area contributed by atoms with Crippen LogP contribution in [0.25, 0.3) is 0 Å². The summed E-state index contributed by atoms with van der Waals surface area (Å²) in [5, 5.41) is 0.554. The van der Waals surface area contributed by atoms with Crippen LogP contribution in [0.5, 0.6) is 0 Å². The minimum absolute atomic E-state index is 0.140. The Kier molecular flexibility index (Phi) is 5.86. The highest BCUT2D eigenvalue weighted by Gasteiger charge is 2.25. The van der Waals surface area contributed by atoms with Gasteiger partial charge in [-0.2, -0.15) is 0 Å². The van der Waals surface area contributed by atoms with Crippen LogP contribution in [0.3, 0.4) is 0 Å². The fraction of sp³-hybridized carbons (Fsp3) is 0.316. The van der Waals surface area contributed by atoms with Crippen LogP contribution < -0.4 is 4.90 Å². The monoisotopic (exact) mass is 378 g/mol. The molecule has 1 atom stereocenters. The van der Waals surface area contributed by atoms with Crippen molar-refractivity contribution in [2.75, 3.05) is 31.1 Å². The lowest BCUT2D eigenvalue weighted by atomic mass is 10.2. The van der Waals surface area contributed by atoms with Gasteiger partial charge in [-0.05, 0) is 55.5 Å². The Morgan fingerprint density at radius 2 is 1.64 bits per heavy atom. The Morgan fingerprint density at radius 3 is 2.24 bits per heavy atom. The van der Waals surface area contributed by atoms with Crippen molar-refractivity contribution in [2.45, 2.75) is 17.1 Å². The molecule has 1 aliphatic heterocycles. The molecule has 0 bridgehead atoms. The zero-order valence-electron chi connectivity index (χ0n) is 14.0. The second kappa shape index (κ2) is 8.11. The summed E-state index contributed by atoms with van der Waals surface area (Å²) in [5.41, 5.74) is 0.997. The molecule has 2 aromatic rings. The predicted octanol–water partition coefficient (Wildman–Crippen LogP) is 4.31. The Hall–Kier alpha value is -1.72. The lowest BCUT2D eigenvalue weighted by molar-refractivity contribution is -0.130. The molecule has 132 valence electrons. The molecule has 0 radical (unpaired) electrons. The summed E-state index contributed by atoms with van der Waals surface area (Å²) < 4.78 is 13.0. The minimum Gasteiger partial charge on any atom is -0.368 e. The number of rotatable bonds is 4. The topological polar surface area (TPSA) is 23.6 Å². The third-order valence-electron chi connectivity index (χ3n) is 4.26. The van der Waals surface area contributed by atoms with Gasteiger partial charge in [-0.25, -0.2) is 4.39 Å². The average Bonchev–Trinajstić information content (AvgIpc) is 2.64. The van der Waals surface area contributed by atoms with Gasteiger partial charge in [-0.1, -0.05) is 11.6 Å². The summed E-state index contributed by atoms with van der Waals surface area (Å²) in [7, 11) is 0. The van der Waals surface area contributed by atoms with Crippen LogP contribution in [-0.4, -0.2) is 42.2 Å². The molecule has 0 saturated carbocycles. The number of hydrogen-bond acceptors (Lipinski definition) is 3. The van der Waals surface area contributed by atoms with Crippen molar-refractivity contribution in [2.24, 2.45) is 0 Å². The molecule has 1 amide bonds. The van der Waals surface area contributed by atoms with Gasteiger partial charge in [0.2, 0.25) is 5.91 Å². The number of hydrogen-bond donors (Lipinski definition) is 0. The number of halogens is 2. The van der Waals surface area contributed by atoms with E-state index in [4.69, 9.17) is 11.6 Å². The minimum atomic E-state index is -0.231. The van der Waals surface area contributed by atoms with Gasteiger partial charge in [0, 0.05) is 41.8 Å². The van der Waals surface area contributed by atoms with Crippen molar-refractivity contribution in [3.05, 3.63) is 59.4 Å². The van der Waals surface area contributed by atoms with Gasteiger partial charge in [0.1, 0.15) is 5.82 Å². The summed E-state index contributed by atoms with van der Waals surface area (Å²) in [6, 6.07) is 14.0. The molecule has 1 unspecified atom stereocenters. The predicted molar refractivity (Wildman–Crippen MR) is 102 cm³/mol. The maximum absolute atomic E-state index is 13.0. The van der Waals surface area contributed by atoms with E-state index in [-0.39, 0.29) is 17.0 Å². The molecule has 1 aliphatic rings. The van der Waals surface area contributed by atoms with Gasteiger partial charge < -0.3 is 9.80 Å². The van der Waals surface area contributed by atoms with E-state index in [1.165, 1.54) is 12.1 Å². The molecule has 3 rings (SSSR count). The molecule has 1 saturated heterocycles. The van der Waals surface area contributed by atoms with E-state index in [9.17, 15) is 9.18 Å². The standard InChI is InChI=1S/C19H20ClFN2OS/c1-14(25-18-8-2-15(20)3-9-18)19(24)23-12-10-22(11-13-23)17-6-4-16(21)5-7-17/h2-9,14H,10-13H2,1H3. The summed E-state index contributed by atoms with van der Waals surface area (Å²) >= 11 is 7.44. The molecule has 2 aromatic carbocycles. The molecule has 0 N–H and O–H groups in total. The molecule has 0 aromatic heterocycles. The SMILES string of the molecule is CC(Sc1ccc(Cl)cc1)C(=O)N1CCN(c2ccc(F)cc2)CC1. The van der Waals surface area contributed by atoms with E-state index in [1.54, 1.807) is 23.9 Å². The molecular weight excluding hydrogens is 359 g/mol. The maximum atomic E-state index is 13.0. The number of nitrogens with zero attached hydrogens (tertiary/aromatic N) is 2. The van der Waals surface area contributed by atoms with Gasteiger partial charge in [-0.15, -0.1) is 11.8 Å². The van der Waals surface area contributed by atoms with E-state index < -0.39 is 0 Å². The fourth-order valence-electron chi connectivity index (χ4n) is 2.86. The van der Waals surface area contributed by atoms with Crippen molar-refractivity contribution in [1.29, 1.82) is 0 Å². The highest BCUT2D eigenvalue weighted by Crippen LogP contribution is 2.26. The van der Waals surface area contributed by atoms with Crippen LogP contribution in [0, 0.1) is 5.82 Å². The Morgan fingerprint density at radius 1 is 1.04 bits per heavy atom. The summed E-state index contributed by atoms with van der Waals surface area (Å²) in [6.45, 7) is 4.82. The van der Waals surface area contributed by atoms with Gasteiger partial charge in [0.15, 0.2) is 0 Å². The molecule has 25 heavy (non-hydrogen) atoms. The third kappa shape index (κ3) is 4.67. The lowest BCUT2D eigenvalue weighted by Crippen LogP contribution is -2.50. The third-order valence-corrected chi connectivity index (χ3v) is 5.61. The zero-order valence-corrected chi connectivity index (χ0v) is 15.6. The first-order valence-corrected chi connectivity index (χ1v) is 9.50. The fourth-order valence-corrected chi connectivity index (χ4v) is 3.94. The highest BCUT2D eigenvalue weighted by molar-refractivity contribution is 8.00. The normalized spacial score (nSPS) is 16.0. The van der Waals surface area contributed by atoms with Crippen LogP contribution in [-0.2, 0) is 4.79 Å². The van der Waals surface area contributed by atoms with Gasteiger partial charge in [0.25, 0.3) is 0 Å². The number of anilines is 1. The smallest absolute Gasteiger partial charge is 0.235 e. The van der Waals surface area contributed by atoms with E-state index in [0.29, 0.717) is 18.1 Å². The van der Waals surface area contributed by atoms with Crippen LogP contribution in [0.4, 0.5) is 10.1 Å². The van der Waals surface area contributed by atoms with Crippen LogP contribution >= 0.6 is 23.4 Å². The van der Waals surface area contributed by atoms with Crippen LogP contribution in [0.1, 0.15) is 6.92 Å². The highest BCUT2D eigenvalue weighted by atomic mass is 35.5. The maximum Gasteiger partial charge on any atom is 0.235 e. The van der Waals surface area contributed by atoms with Crippen molar-refractivity contribution in [1.82, 2.24) is 4.90 Å². The molecule has 0 aliphatic carbocycles. The number of carbonyl (C=O) groups excluding carboxylic acids is 1. The summed E-state index contributed by atoms with van der Waals surface area (Å²) in [6.07, 6.45) is 0.